The van der Waals surface area contributed by atoms with Crippen LogP contribution in [0.25, 0.3) is 0 Å². The van der Waals surface area contributed by atoms with Gasteiger partial charge in [-0.05, 0) is 29.8 Å². The Kier molecular flexibility index (Phi) is 4.39. The smallest absolute Gasteiger partial charge is 0.489 e. The van der Waals surface area contributed by atoms with Gasteiger partial charge in [-0.1, -0.05) is 6.58 Å². The van der Waals surface area contributed by atoms with Gasteiger partial charge in [0.05, 0.1) is 6.61 Å². The maximum absolute atomic E-state index is 11.8. The number of aliphatic hydroxyl groups excluding tert-OH is 1. The van der Waals surface area contributed by atoms with Gasteiger partial charge in [0, 0.05) is 0 Å². The predicted molar refractivity (Wildman–Crippen MR) is 54.8 cm³/mol. The van der Waals surface area contributed by atoms with Gasteiger partial charge < -0.3 is 14.6 Å². The fourth-order valence-electron chi connectivity index (χ4n) is 0.969. The average molecular weight is 248 g/mol. The summed E-state index contributed by atoms with van der Waals surface area (Å²) in [6, 6.07) is 4.96. The third kappa shape index (κ3) is 5.26. The molecule has 0 aliphatic heterocycles. The molecule has 3 nitrogen and oxygen atoms in total. The first-order chi connectivity index (χ1) is 7.90. The molecule has 1 aromatic rings. The molecule has 0 atom stereocenters. The Morgan fingerprint density at radius 1 is 1.18 bits per heavy atom. The van der Waals surface area contributed by atoms with E-state index < -0.39 is 6.36 Å². The minimum atomic E-state index is -4.70. The molecule has 0 spiro atoms. The van der Waals surface area contributed by atoms with Crippen LogP contribution in [0.3, 0.4) is 0 Å². The summed E-state index contributed by atoms with van der Waals surface area (Å²) in [6.45, 7) is 3.41. The van der Waals surface area contributed by atoms with Crippen LogP contribution in [-0.4, -0.2) is 24.7 Å². The lowest BCUT2D eigenvalue weighted by Crippen LogP contribution is -2.17. The van der Waals surface area contributed by atoms with E-state index in [1.165, 1.54) is 12.1 Å². The van der Waals surface area contributed by atoms with Gasteiger partial charge >= 0.3 is 6.36 Å². The molecule has 0 aromatic heterocycles. The van der Waals surface area contributed by atoms with E-state index in [9.17, 15) is 13.2 Å². The zero-order valence-electron chi connectivity index (χ0n) is 8.83. The molecule has 0 saturated carbocycles. The van der Waals surface area contributed by atoms with Crippen molar-refractivity contribution >= 4 is 0 Å². The van der Waals surface area contributed by atoms with Gasteiger partial charge in [-0.2, -0.15) is 0 Å². The fourth-order valence-corrected chi connectivity index (χ4v) is 0.969. The standard InChI is InChI=1S/C11H11F3O3/c1-8(6-15)7-16-9-2-4-10(5-3-9)17-11(12,13)14/h2-5,15H,1,6-7H2. The number of halogens is 3. The lowest BCUT2D eigenvalue weighted by Gasteiger charge is -2.10. The maximum Gasteiger partial charge on any atom is 0.573 e. The maximum atomic E-state index is 11.8. The van der Waals surface area contributed by atoms with Crippen LogP contribution in [0.15, 0.2) is 36.4 Å². The summed E-state index contributed by atoms with van der Waals surface area (Å²) in [4.78, 5) is 0. The van der Waals surface area contributed by atoms with Crippen molar-refractivity contribution in [2.75, 3.05) is 13.2 Å². The van der Waals surface area contributed by atoms with E-state index in [1.807, 2.05) is 0 Å². The van der Waals surface area contributed by atoms with E-state index in [1.54, 1.807) is 0 Å². The van der Waals surface area contributed by atoms with Gasteiger partial charge in [0.2, 0.25) is 0 Å². The first kappa shape index (κ1) is 13.4. The highest BCUT2D eigenvalue weighted by atomic mass is 19.4. The molecule has 1 N–H and O–H groups in total. The lowest BCUT2D eigenvalue weighted by atomic mass is 10.3. The van der Waals surface area contributed by atoms with Gasteiger partial charge in [0.15, 0.2) is 0 Å². The van der Waals surface area contributed by atoms with Gasteiger partial charge in [-0.3, -0.25) is 0 Å². The quantitative estimate of drug-likeness (QED) is 0.814. The molecular weight excluding hydrogens is 237 g/mol. The van der Waals surface area contributed by atoms with Crippen LogP contribution in [0, 0.1) is 0 Å². The van der Waals surface area contributed by atoms with Crippen molar-refractivity contribution in [3.63, 3.8) is 0 Å². The predicted octanol–water partition coefficient (Wildman–Crippen LogP) is 2.51. The first-order valence-electron chi connectivity index (χ1n) is 4.67. The van der Waals surface area contributed by atoms with Crippen LogP contribution in [-0.2, 0) is 0 Å². The van der Waals surface area contributed by atoms with E-state index in [4.69, 9.17) is 9.84 Å². The highest BCUT2D eigenvalue weighted by Gasteiger charge is 2.30. The van der Waals surface area contributed by atoms with E-state index in [2.05, 4.69) is 11.3 Å². The van der Waals surface area contributed by atoms with E-state index in [-0.39, 0.29) is 19.0 Å². The molecule has 0 heterocycles. The number of benzene rings is 1. The molecule has 0 fully saturated rings. The molecular formula is C11H11F3O3. The number of rotatable bonds is 5. The topological polar surface area (TPSA) is 38.7 Å². The van der Waals surface area contributed by atoms with Crippen LogP contribution in [0.2, 0.25) is 0 Å². The summed E-state index contributed by atoms with van der Waals surface area (Å²) >= 11 is 0. The Balaban J connectivity index is 2.53. The summed E-state index contributed by atoms with van der Waals surface area (Å²) in [5.74, 6) is 0.0555. The van der Waals surface area contributed by atoms with Crippen LogP contribution in [0.1, 0.15) is 0 Å². The number of hydrogen-bond donors (Lipinski definition) is 1. The van der Waals surface area contributed by atoms with Crippen molar-refractivity contribution in [2.45, 2.75) is 6.36 Å². The summed E-state index contributed by atoms with van der Waals surface area (Å²) in [6.07, 6.45) is -4.70. The van der Waals surface area contributed by atoms with Crippen LogP contribution >= 0.6 is 0 Å². The molecule has 6 heteroatoms. The zero-order valence-corrected chi connectivity index (χ0v) is 8.83. The van der Waals surface area contributed by atoms with Crippen molar-refractivity contribution in [3.8, 4) is 11.5 Å². The van der Waals surface area contributed by atoms with Crippen LogP contribution in [0.4, 0.5) is 13.2 Å². The van der Waals surface area contributed by atoms with Crippen molar-refractivity contribution < 1.29 is 27.8 Å². The number of hydrogen-bond acceptors (Lipinski definition) is 3. The second-order valence-electron chi connectivity index (χ2n) is 3.22. The monoisotopic (exact) mass is 248 g/mol. The summed E-state index contributed by atoms with van der Waals surface area (Å²) < 4.78 is 44.4. The average Bonchev–Trinajstić information content (AvgIpc) is 2.25. The highest BCUT2D eigenvalue weighted by Crippen LogP contribution is 2.24. The fraction of sp³-hybridized carbons (Fsp3) is 0.273. The molecule has 0 saturated heterocycles. The highest BCUT2D eigenvalue weighted by molar-refractivity contribution is 5.31. The minimum Gasteiger partial charge on any atom is -0.489 e. The first-order valence-corrected chi connectivity index (χ1v) is 4.67. The van der Waals surface area contributed by atoms with Crippen LogP contribution < -0.4 is 9.47 Å². The third-order valence-electron chi connectivity index (χ3n) is 1.72. The van der Waals surface area contributed by atoms with Gasteiger partial charge in [-0.15, -0.1) is 13.2 Å². The Labute approximate surface area is 96.1 Å². The van der Waals surface area contributed by atoms with Crippen molar-refractivity contribution in [1.82, 2.24) is 0 Å². The van der Waals surface area contributed by atoms with Gasteiger partial charge in [0.25, 0.3) is 0 Å². The molecule has 0 aliphatic rings. The van der Waals surface area contributed by atoms with Crippen molar-refractivity contribution in [3.05, 3.63) is 36.4 Å². The third-order valence-corrected chi connectivity index (χ3v) is 1.72. The van der Waals surface area contributed by atoms with E-state index in [0.717, 1.165) is 12.1 Å². The molecule has 0 bridgehead atoms. The molecule has 94 valence electrons. The number of aliphatic hydroxyl groups is 1. The summed E-state index contributed by atoms with van der Waals surface area (Å²) in [5, 5.41) is 8.66. The number of ether oxygens (including phenoxy) is 2. The Morgan fingerprint density at radius 2 is 1.71 bits per heavy atom. The van der Waals surface area contributed by atoms with Gasteiger partial charge in [0.1, 0.15) is 18.1 Å². The van der Waals surface area contributed by atoms with Crippen LogP contribution in [0.5, 0.6) is 11.5 Å². The molecule has 17 heavy (non-hydrogen) atoms. The molecule has 1 aromatic carbocycles. The van der Waals surface area contributed by atoms with E-state index >= 15 is 0 Å². The second-order valence-corrected chi connectivity index (χ2v) is 3.22. The Hall–Kier alpha value is -1.69. The number of alkyl halides is 3. The van der Waals surface area contributed by atoms with Crippen molar-refractivity contribution in [2.24, 2.45) is 0 Å². The largest absolute Gasteiger partial charge is 0.573 e. The lowest BCUT2D eigenvalue weighted by molar-refractivity contribution is -0.274. The summed E-state index contributed by atoms with van der Waals surface area (Å²) in [5.41, 5.74) is 0.473. The molecule has 0 aliphatic carbocycles. The van der Waals surface area contributed by atoms with Gasteiger partial charge in [-0.25, -0.2) is 0 Å². The molecule has 0 amide bonds. The van der Waals surface area contributed by atoms with Crippen molar-refractivity contribution in [1.29, 1.82) is 0 Å². The summed E-state index contributed by atoms with van der Waals surface area (Å²) in [7, 11) is 0. The SMILES string of the molecule is C=C(CO)COc1ccc(OC(F)(F)F)cc1. The molecule has 0 unspecified atom stereocenters. The Morgan fingerprint density at radius 3 is 2.18 bits per heavy atom. The Bertz CT molecular complexity index is 371. The second kappa shape index (κ2) is 5.58. The normalized spacial score (nSPS) is 11.1. The van der Waals surface area contributed by atoms with E-state index in [0.29, 0.717) is 11.3 Å². The molecule has 0 radical (unpaired) electrons. The molecule has 1 rings (SSSR count). The minimum absolute atomic E-state index is 0.107. The zero-order chi connectivity index (χ0) is 12.9.